The number of rotatable bonds is 7. The van der Waals surface area contributed by atoms with Crippen molar-refractivity contribution in [2.75, 3.05) is 4.90 Å². The van der Waals surface area contributed by atoms with Gasteiger partial charge in [0.15, 0.2) is 0 Å². The van der Waals surface area contributed by atoms with Crippen molar-refractivity contribution in [1.82, 2.24) is 0 Å². The van der Waals surface area contributed by atoms with Gasteiger partial charge < -0.3 is 4.90 Å². The van der Waals surface area contributed by atoms with Crippen molar-refractivity contribution < 1.29 is 17.8 Å². The van der Waals surface area contributed by atoms with Crippen LogP contribution in [0.4, 0.5) is 17.1 Å². The van der Waals surface area contributed by atoms with Gasteiger partial charge in [-0.3, -0.25) is 0 Å². The zero-order valence-electron chi connectivity index (χ0n) is 38.0. The highest BCUT2D eigenvalue weighted by atomic mass is 15.1. The highest BCUT2D eigenvalue weighted by Gasteiger charge is 2.17. The molecule has 0 aliphatic carbocycles. The molecular weight excluding hydrogens is 567 g/mol. The molecule has 0 unspecified atom stereocenters. The Hall–Kier alpha value is -6.18. The van der Waals surface area contributed by atoms with Gasteiger partial charge in [-0.15, -0.1) is 0 Å². The van der Waals surface area contributed by atoms with Crippen molar-refractivity contribution >= 4 is 27.8 Å². The fraction of sp³-hybridized carbons (Fsp3) is 0. The number of nitrogens with zero attached hydrogens (tertiary/aromatic N) is 1. The Labute approximate surface area is 294 Å². The lowest BCUT2D eigenvalue weighted by Gasteiger charge is -2.28. The molecule has 0 aliphatic heterocycles. The Kier molecular flexibility index (Phi) is 4.72. The lowest BCUT2D eigenvalue weighted by molar-refractivity contribution is 1.28. The predicted octanol–water partition coefficient (Wildman–Crippen LogP) is 13.0. The van der Waals surface area contributed by atoms with Gasteiger partial charge in [-0.25, -0.2) is 0 Å². The first kappa shape index (κ1) is 17.5. The second kappa shape index (κ2) is 12.7. The molecule has 0 aliphatic rings. The first-order valence-corrected chi connectivity index (χ1v) is 15.1. The highest BCUT2D eigenvalue weighted by Crippen LogP contribution is 2.42. The van der Waals surface area contributed by atoms with Gasteiger partial charge in [0, 0.05) is 16.9 Å². The minimum absolute atomic E-state index is 0.0169. The highest BCUT2D eigenvalue weighted by molar-refractivity contribution is 5.97. The molecule has 0 saturated heterocycles. The van der Waals surface area contributed by atoms with Crippen molar-refractivity contribution in [2.45, 2.75) is 0 Å². The molecule has 0 heterocycles. The summed E-state index contributed by atoms with van der Waals surface area (Å²) in [5, 5.41) is 2.03. The molecule has 8 aromatic rings. The van der Waals surface area contributed by atoms with Gasteiger partial charge in [-0.2, -0.15) is 0 Å². The van der Waals surface area contributed by atoms with Crippen LogP contribution in [-0.2, 0) is 0 Å². The summed E-state index contributed by atoms with van der Waals surface area (Å²) in [5.41, 5.74) is 1.72. The number of hydrogen-bond acceptors (Lipinski definition) is 1. The smallest absolute Gasteiger partial charge is 0.0645 e. The van der Waals surface area contributed by atoms with Crippen molar-refractivity contribution in [1.29, 1.82) is 0 Å². The van der Waals surface area contributed by atoms with Crippen molar-refractivity contribution in [2.24, 2.45) is 0 Å². The number of benzene rings is 8. The van der Waals surface area contributed by atoms with E-state index in [-0.39, 0.29) is 16.9 Å². The molecule has 8 rings (SSSR count). The van der Waals surface area contributed by atoms with Crippen LogP contribution in [0.3, 0.4) is 0 Å². The molecule has 0 aromatic heterocycles. The van der Waals surface area contributed by atoms with Crippen LogP contribution >= 0.6 is 0 Å². The van der Waals surface area contributed by atoms with Crippen LogP contribution in [0.15, 0.2) is 200 Å². The van der Waals surface area contributed by atoms with Crippen molar-refractivity contribution in [3.63, 3.8) is 0 Å². The molecule has 0 amide bonds. The Bertz CT molecular complexity index is 2950. The molecule has 0 bridgehead atoms. The lowest BCUT2D eigenvalue weighted by atomic mass is 9.95. The first-order chi connectivity index (χ1) is 28.7. The zero-order valence-corrected chi connectivity index (χ0v) is 25.0. The van der Waals surface area contributed by atoms with Crippen molar-refractivity contribution in [3.05, 3.63) is 200 Å². The molecule has 0 atom stereocenters. The summed E-state index contributed by atoms with van der Waals surface area (Å²) in [6.07, 6.45) is 0. The molecule has 8 aromatic carbocycles. The molecule has 222 valence electrons. The van der Waals surface area contributed by atoms with Crippen LogP contribution in [0.2, 0.25) is 0 Å². The summed E-state index contributed by atoms with van der Waals surface area (Å²) in [5.74, 6) is 0. The fourth-order valence-corrected chi connectivity index (χ4v) is 5.68. The van der Waals surface area contributed by atoms with Crippen LogP contribution < -0.4 is 4.90 Å². The third-order valence-electron chi connectivity index (χ3n) is 7.90. The molecule has 0 fully saturated rings. The van der Waals surface area contributed by atoms with Crippen LogP contribution in [0.1, 0.15) is 17.8 Å². The summed E-state index contributed by atoms with van der Waals surface area (Å²) < 4.78 is 117. The molecule has 1 nitrogen and oxygen atoms in total. The van der Waals surface area contributed by atoms with E-state index in [2.05, 4.69) is 0 Å². The van der Waals surface area contributed by atoms with Gasteiger partial charge in [0.1, 0.15) is 0 Å². The second-order valence-electron chi connectivity index (χ2n) is 10.8. The Morgan fingerprint density at radius 3 is 1.66 bits per heavy atom. The van der Waals surface area contributed by atoms with E-state index in [4.69, 9.17) is 6.85 Å². The van der Waals surface area contributed by atoms with E-state index in [0.29, 0.717) is 16.7 Å². The lowest BCUT2D eigenvalue weighted by Crippen LogP contribution is -2.11. The topological polar surface area (TPSA) is 3.24 Å². The molecule has 0 saturated carbocycles. The van der Waals surface area contributed by atoms with Gasteiger partial charge in [-0.05, 0) is 86.0 Å². The second-order valence-corrected chi connectivity index (χ2v) is 10.8. The van der Waals surface area contributed by atoms with E-state index in [1.54, 1.807) is 48.5 Å². The average Bonchev–Trinajstić information content (AvgIpc) is 3.27. The molecule has 0 N–H and O–H groups in total. The standard InChI is InChI=1S/C46H33N/c1-3-13-34(14-4-1)35-25-29-41(30-26-35)47(46-24-10-9-22-45(46)38-15-5-2-6-16-38)42-31-27-36(28-32-42)39-19-11-20-40(33-39)44-23-12-18-37-17-7-8-21-43(37)44/h1-33H/i1D,3D,4D,13D,14D,25D,26D,27D,28D,29D,30D,31D,32D. The summed E-state index contributed by atoms with van der Waals surface area (Å²) in [6, 6.07) is 28.6. The maximum Gasteiger partial charge on any atom is 0.0645 e. The predicted molar refractivity (Wildman–Crippen MR) is 200 cm³/mol. The Morgan fingerprint density at radius 1 is 0.362 bits per heavy atom. The van der Waals surface area contributed by atoms with E-state index in [1.807, 2.05) is 72.8 Å². The largest absolute Gasteiger partial charge is 0.310 e. The molecule has 1 heteroatoms. The normalized spacial score (nSPS) is 14.9. The number of fused-ring (bicyclic) bond motifs is 1. The number of hydrogen-bond donors (Lipinski definition) is 0. The quantitative estimate of drug-likeness (QED) is 0.173. The molecule has 47 heavy (non-hydrogen) atoms. The first-order valence-electron chi connectivity index (χ1n) is 21.6. The molecule has 0 radical (unpaired) electrons. The Balaban J connectivity index is 1.41. The summed E-state index contributed by atoms with van der Waals surface area (Å²) >= 11 is 0. The van der Waals surface area contributed by atoms with Crippen LogP contribution in [0.5, 0.6) is 0 Å². The maximum atomic E-state index is 9.54. The summed E-state index contributed by atoms with van der Waals surface area (Å²) in [7, 11) is 0. The van der Waals surface area contributed by atoms with E-state index in [1.165, 1.54) is 4.90 Å². The SMILES string of the molecule is [2H]c1c([2H])c([2H])c(-c2c([2H])c([2H])c(N(c3ccccc3-c3ccccc3)c3c([2H])c([2H])c(-c4cccc(-c5cccc6ccccc56)c4)c([2H])c3[2H])c([2H])c2[2H])c([2H])c1[2H]. The van der Waals surface area contributed by atoms with E-state index in [0.717, 1.165) is 21.9 Å². The number of anilines is 3. The van der Waals surface area contributed by atoms with E-state index < -0.39 is 95.4 Å². The van der Waals surface area contributed by atoms with Gasteiger partial charge >= 0.3 is 0 Å². The van der Waals surface area contributed by atoms with Gasteiger partial charge in [-0.1, -0.05) is 164 Å². The zero-order chi connectivity index (χ0) is 42.7. The average molecular weight is 613 g/mol. The minimum Gasteiger partial charge on any atom is -0.310 e. The van der Waals surface area contributed by atoms with Gasteiger partial charge in [0.05, 0.1) is 23.5 Å². The number of para-hydroxylation sites is 1. The van der Waals surface area contributed by atoms with Crippen LogP contribution in [0.25, 0.3) is 55.3 Å². The van der Waals surface area contributed by atoms with Crippen LogP contribution in [0, 0.1) is 0 Å². The van der Waals surface area contributed by atoms with Gasteiger partial charge in [0.2, 0.25) is 0 Å². The minimum atomic E-state index is -0.733. The van der Waals surface area contributed by atoms with Gasteiger partial charge in [0.25, 0.3) is 0 Å². The Morgan fingerprint density at radius 2 is 0.894 bits per heavy atom. The third-order valence-corrected chi connectivity index (χ3v) is 7.90. The summed E-state index contributed by atoms with van der Waals surface area (Å²) in [6.45, 7) is 0. The van der Waals surface area contributed by atoms with E-state index >= 15 is 0 Å². The van der Waals surface area contributed by atoms with Crippen LogP contribution in [-0.4, -0.2) is 0 Å². The molecule has 0 spiro atoms. The molecular formula is C46H33N. The fourth-order valence-electron chi connectivity index (χ4n) is 5.68. The maximum absolute atomic E-state index is 9.54. The third kappa shape index (κ3) is 5.72. The van der Waals surface area contributed by atoms with Crippen molar-refractivity contribution in [3.8, 4) is 44.5 Å². The van der Waals surface area contributed by atoms with E-state index in [9.17, 15) is 11.0 Å². The monoisotopic (exact) mass is 612 g/mol. The summed E-state index contributed by atoms with van der Waals surface area (Å²) in [4.78, 5) is 1.20.